The third kappa shape index (κ3) is 5.71. The van der Waals surface area contributed by atoms with E-state index in [0.717, 1.165) is 23.5 Å². The lowest BCUT2D eigenvalue weighted by molar-refractivity contribution is 0.0601. The van der Waals surface area contributed by atoms with Gasteiger partial charge in [-0.3, -0.25) is 0 Å². The summed E-state index contributed by atoms with van der Waals surface area (Å²) in [4.78, 5) is 29.2. The first-order chi connectivity index (χ1) is 18.6. The van der Waals surface area contributed by atoms with E-state index in [4.69, 9.17) is 31.0 Å². The Bertz CT molecular complexity index is 1430. The van der Waals surface area contributed by atoms with Crippen molar-refractivity contribution in [2.75, 3.05) is 31.0 Å². The highest BCUT2D eigenvalue weighted by molar-refractivity contribution is 7.98. The molecule has 0 amide bonds. The average molecular weight is 551 g/mol. The second kappa shape index (κ2) is 11.7. The van der Waals surface area contributed by atoms with Gasteiger partial charge in [0.25, 0.3) is 0 Å². The summed E-state index contributed by atoms with van der Waals surface area (Å²) in [7, 11) is 2.94. The van der Waals surface area contributed by atoms with E-state index in [9.17, 15) is 4.79 Å². The fourth-order valence-electron chi connectivity index (χ4n) is 4.22. The molecule has 196 valence electrons. The number of esters is 1. The Morgan fingerprint density at radius 2 is 1.95 bits per heavy atom. The van der Waals surface area contributed by atoms with E-state index in [1.165, 1.54) is 18.9 Å². The van der Waals surface area contributed by atoms with Crippen LogP contribution in [0.25, 0.3) is 0 Å². The number of benzene rings is 2. The number of hydrogen-bond acceptors (Lipinski definition) is 9. The molecule has 11 heteroatoms. The number of thioether (sulfide) groups is 1. The van der Waals surface area contributed by atoms with Crippen LogP contribution in [0.3, 0.4) is 0 Å². The minimum atomic E-state index is -0.510. The first kappa shape index (κ1) is 25.9. The van der Waals surface area contributed by atoms with Crippen LogP contribution in [0.15, 0.2) is 66.1 Å². The fourth-order valence-corrected chi connectivity index (χ4v) is 5.30. The number of anilines is 2. The molecule has 9 nitrogen and oxygen atoms in total. The van der Waals surface area contributed by atoms with Crippen LogP contribution in [0.2, 0.25) is 5.02 Å². The van der Waals surface area contributed by atoms with Crippen LogP contribution in [-0.4, -0.2) is 46.3 Å². The zero-order chi connectivity index (χ0) is 26.5. The van der Waals surface area contributed by atoms with Crippen LogP contribution in [0, 0.1) is 0 Å². The molecule has 0 aliphatic carbocycles. The highest BCUT2D eigenvalue weighted by Gasteiger charge is 2.28. The molecule has 0 saturated carbocycles. The number of nitrogens with one attached hydrogen (secondary N) is 1. The van der Waals surface area contributed by atoms with Crippen molar-refractivity contribution in [3.63, 3.8) is 0 Å². The topological polar surface area (TPSA) is 94.4 Å². The Kier molecular flexibility index (Phi) is 8.00. The number of carbonyl (C=O) groups excluding carboxylic acids is 1. The number of ether oxygens (including phenoxy) is 2. The van der Waals surface area contributed by atoms with E-state index in [0.29, 0.717) is 53.0 Å². The van der Waals surface area contributed by atoms with Crippen LogP contribution in [0.4, 0.5) is 11.6 Å². The van der Waals surface area contributed by atoms with Crippen molar-refractivity contribution in [3.05, 3.63) is 88.5 Å². The van der Waals surface area contributed by atoms with E-state index in [1.807, 2.05) is 42.6 Å². The van der Waals surface area contributed by atoms with Crippen molar-refractivity contribution < 1.29 is 14.3 Å². The highest BCUT2D eigenvalue weighted by atomic mass is 35.5. The van der Waals surface area contributed by atoms with Crippen LogP contribution in [0.5, 0.6) is 5.75 Å². The molecule has 0 fully saturated rings. The number of rotatable bonds is 9. The van der Waals surface area contributed by atoms with Crippen LogP contribution >= 0.6 is 23.4 Å². The van der Waals surface area contributed by atoms with Crippen LogP contribution < -0.4 is 15.0 Å². The van der Waals surface area contributed by atoms with Gasteiger partial charge in [-0.2, -0.15) is 0 Å². The number of methoxy groups -OCH3 is 2. The van der Waals surface area contributed by atoms with Crippen LogP contribution in [-0.2, 0) is 30.1 Å². The maximum Gasteiger partial charge on any atom is 0.345 e. The molecule has 0 saturated heterocycles. The first-order valence-electron chi connectivity index (χ1n) is 12.0. The van der Waals surface area contributed by atoms with E-state index >= 15 is 0 Å². The van der Waals surface area contributed by atoms with Crippen molar-refractivity contribution in [2.24, 2.45) is 0 Å². The monoisotopic (exact) mass is 550 g/mol. The lowest BCUT2D eigenvalue weighted by atomic mass is 10.2. The highest BCUT2D eigenvalue weighted by Crippen LogP contribution is 2.32. The summed E-state index contributed by atoms with van der Waals surface area (Å²) in [6.45, 7) is 2.31. The van der Waals surface area contributed by atoms with Gasteiger partial charge in [0.1, 0.15) is 23.0 Å². The second-order valence-corrected chi connectivity index (χ2v) is 9.95. The number of imidazole rings is 1. The Morgan fingerprint density at radius 1 is 1.11 bits per heavy atom. The molecule has 38 heavy (non-hydrogen) atoms. The summed E-state index contributed by atoms with van der Waals surface area (Å²) in [5.41, 5.74) is 2.35. The lowest BCUT2D eigenvalue weighted by Gasteiger charge is -2.30. The minimum absolute atomic E-state index is 0.288. The maximum atomic E-state index is 13.1. The summed E-state index contributed by atoms with van der Waals surface area (Å²) < 4.78 is 12.5. The molecule has 1 N–H and O–H groups in total. The summed E-state index contributed by atoms with van der Waals surface area (Å²) in [5.74, 6) is 2.61. The smallest absolute Gasteiger partial charge is 0.345 e. The van der Waals surface area contributed by atoms with E-state index in [2.05, 4.69) is 31.9 Å². The van der Waals surface area contributed by atoms with Gasteiger partial charge in [-0.25, -0.2) is 19.7 Å². The summed E-state index contributed by atoms with van der Waals surface area (Å²) in [6.07, 6.45) is 3.75. The fraction of sp³-hybridized carbons (Fsp3) is 0.259. The van der Waals surface area contributed by atoms with Gasteiger partial charge in [0, 0.05) is 37.8 Å². The molecular formula is C27H27ClN6O3S. The van der Waals surface area contributed by atoms with Crippen molar-refractivity contribution in [1.29, 1.82) is 0 Å². The SMILES string of the molecule is COC(=O)c1c(NCc2ccc(OC)c(Cl)c2)nc(SCc2ccccc2)nc1N1CCn2ccnc2C1. The zero-order valence-electron chi connectivity index (χ0n) is 21.1. The number of carbonyl (C=O) groups is 1. The van der Waals surface area contributed by atoms with Gasteiger partial charge in [0.2, 0.25) is 0 Å². The molecule has 0 atom stereocenters. The normalized spacial score (nSPS) is 12.7. The van der Waals surface area contributed by atoms with Crippen molar-refractivity contribution in [2.45, 2.75) is 30.5 Å². The van der Waals surface area contributed by atoms with E-state index in [1.54, 1.807) is 13.3 Å². The Labute approximate surface area is 230 Å². The molecule has 1 aliphatic heterocycles. The molecular weight excluding hydrogens is 524 g/mol. The number of halogens is 1. The maximum absolute atomic E-state index is 13.1. The lowest BCUT2D eigenvalue weighted by Crippen LogP contribution is -2.35. The Hall–Kier alpha value is -3.76. The van der Waals surface area contributed by atoms with E-state index < -0.39 is 5.97 Å². The average Bonchev–Trinajstić information content (AvgIpc) is 3.43. The standard InChI is InChI=1S/C27H27ClN6O3S/c1-36-21-9-8-19(14-20(21)28)15-30-24-23(26(35)37-2)25(34-13-12-33-11-10-29-22(33)16-34)32-27(31-24)38-17-18-6-4-3-5-7-18/h3-11,14H,12-13,15-17H2,1-2H3,(H,30,31,32). The van der Waals surface area contributed by atoms with Gasteiger partial charge in [-0.15, -0.1) is 0 Å². The molecule has 0 radical (unpaired) electrons. The molecule has 2 aromatic heterocycles. The minimum Gasteiger partial charge on any atom is -0.495 e. The van der Waals surface area contributed by atoms with Crippen LogP contribution in [0.1, 0.15) is 27.3 Å². The predicted octanol–water partition coefficient (Wildman–Crippen LogP) is 5.05. The third-order valence-corrected chi connectivity index (χ3v) is 7.40. The van der Waals surface area contributed by atoms with Gasteiger partial charge in [-0.1, -0.05) is 59.8 Å². The summed E-state index contributed by atoms with van der Waals surface area (Å²) in [5, 5.41) is 4.39. The van der Waals surface area contributed by atoms with Crippen molar-refractivity contribution >= 4 is 41.0 Å². The molecule has 4 aromatic rings. The van der Waals surface area contributed by atoms with Gasteiger partial charge < -0.3 is 24.3 Å². The van der Waals surface area contributed by atoms with Crippen molar-refractivity contribution in [3.8, 4) is 5.75 Å². The zero-order valence-corrected chi connectivity index (χ0v) is 22.6. The summed E-state index contributed by atoms with van der Waals surface area (Å²) in [6, 6.07) is 15.7. The van der Waals surface area contributed by atoms with Gasteiger partial charge in [0.15, 0.2) is 11.0 Å². The molecule has 2 aromatic carbocycles. The van der Waals surface area contributed by atoms with Gasteiger partial charge in [0.05, 0.1) is 25.8 Å². The van der Waals surface area contributed by atoms with E-state index in [-0.39, 0.29) is 5.56 Å². The number of fused-ring (bicyclic) bond motifs is 1. The predicted molar refractivity (Wildman–Crippen MR) is 148 cm³/mol. The quantitative estimate of drug-likeness (QED) is 0.174. The van der Waals surface area contributed by atoms with Gasteiger partial charge >= 0.3 is 5.97 Å². The molecule has 0 unspecified atom stereocenters. The third-order valence-electron chi connectivity index (χ3n) is 6.19. The first-order valence-corrected chi connectivity index (χ1v) is 13.4. The Morgan fingerprint density at radius 3 is 2.71 bits per heavy atom. The second-order valence-electron chi connectivity index (χ2n) is 8.60. The largest absolute Gasteiger partial charge is 0.495 e. The molecule has 5 rings (SSSR count). The molecule has 0 spiro atoms. The van der Waals surface area contributed by atoms with Gasteiger partial charge in [-0.05, 0) is 23.3 Å². The Balaban J connectivity index is 1.50. The number of nitrogens with zero attached hydrogens (tertiary/aromatic N) is 5. The number of aromatic nitrogens is 4. The molecule has 0 bridgehead atoms. The summed E-state index contributed by atoms with van der Waals surface area (Å²) >= 11 is 7.84. The number of hydrogen-bond donors (Lipinski definition) is 1. The molecule has 3 heterocycles. The van der Waals surface area contributed by atoms with Crippen molar-refractivity contribution in [1.82, 2.24) is 19.5 Å². The molecule has 1 aliphatic rings.